The van der Waals surface area contributed by atoms with E-state index in [0.717, 1.165) is 5.33 Å². The second-order valence-electron chi connectivity index (χ2n) is 4.47. The summed E-state index contributed by atoms with van der Waals surface area (Å²) in [6.07, 6.45) is 3.65. The van der Waals surface area contributed by atoms with Crippen molar-refractivity contribution in [2.24, 2.45) is 5.41 Å². The lowest BCUT2D eigenvalue weighted by Crippen LogP contribution is -2.37. The van der Waals surface area contributed by atoms with Crippen molar-refractivity contribution in [1.82, 2.24) is 0 Å². The lowest BCUT2D eigenvalue weighted by atomic mass is 9.71. The molecule has 0 heterocycles. The molecule has 2 rings (SSSR count). The maximum atomic E-state index is 6.05. The maximum Gasteiger partial charge on any atom is 0.139 e. The molecule has 94 valence electrons. The highest BCUT2D eigenvalue weighted by Crippen LogP contribution is 2.43. The number of benzene rings is 1. The van der Waals surface area contributed by atoms with E-state index in [9.17, 15) is 0 Å². The summed E-state index contributed by atoms with van der Waals surface area (Å²) in [5.74, 6) is 0.605. The molecule has 1 aromatic rings. The molecular formula is C12H12BrCl3O. The Hall–Kier alpha value is 0.370. The van der Waals surface area contributed by atoms with Gasteiger partial charge in [0, 0.05) is 16.8 Å². The van der Waals surface area contributed by atoms with Gasteiger partial charge in [0.25, 0.3) is 0 Å². The van der Waals surface area contributed by atoms with Crippen LogP contribution in [0.5, 0.6) is 5.75 Å². The molecule has 0 atom stereocenters. The van der Waals surface area contributed by atoms with Gasteiger partial charge in [-0.05, 0) is 18.9 Å². The topological polar surface area (TPSA) is 9.23 Å². The molecule has 0 spiro atoms. The Morgan fingerprint density at radius 3 is 2.29 bits per heavy atom. The van der Waals surface area contributed by atoms with Gasteiger partial charge < -0.3 is 4.74 Å². The van der Waals surface area contributed by atoms with Crippen LogP contribution >= 0.6 is 50.7 Å². The van der Waals surface area contributed by atoms with Gasteiger partial charge in [0.1, 0.15) is 5.75 Å². The molecule has 1 fully saturated rings. The molecule has 17 heavy (non-hydrogen) atoms. The first-order chi connectivity index (χ1) is 8.06. The van der Waals surface area contributed by atoms with Crippen molar-refractivity contribution in [3.8, 4) is 5.75 Å². The van der Waals surface area contributed by atoms with Crippen LogP contribution < -0.4 is 4.74 Å². The summed E-state index contributed by atoms with van der Waals surface area (Å²) >= 11 is 21.4. The fraction of sp³-hybridized carbons (Fsp3) is 0.500. The van der Waals surface area contributed by atoms with E-state index in [1.165, 1.54) is 19.3 Å². The summed E-state index contributed by atoms with van der Waals surface area (Å²) in [5.41, 5.74) is 0.259. The summed E-state index contributed by atoms with van der Waals surface area (Å²) in [5, 5.41) is 2.37. The quantitative estimate of drug-likeness (QED) is 0.503. The van der Waals surface area contributed by atoms with Gasteiger partial charge in [-0.15, -0.1) is 0 Å². The van der Waals surface area contributed by atoms with E-state index in [2.05, 4.69) is 15.9 Å². The number of halogens is 4. The lowest BCUT2D eigenvalue weighted by molar-refractivity contribution is 0.0839. The van der Waals surface area contributed by atoms with E-state index >= 15 is 0 Å². The third-order valence-corrected chi connectivity index (χ3v) is 5.41. The van der Waals surface area contributed by atoms with Crippen LogP contribution in [-0.2, 0) is 0 Å². The van der Waals surface area contributed by atoms with E-state index in [4.69, 9.17) is 39.5 Å². The molecule has 1 aliphatic carbocycles. The first-order valence-corrected chi connectivity index (χ1v) is 7.65. The summed E-state index contributed by atoms with van der Waals surface area (Å²) in [7, 11) is 0. The Bertz CT molecular complexity index is 413. The first-order valence-electron chi connectivity index (χ1n) is 5.40. The highest BCUT2D eigenvalue weighted by Gasteiger charge is 2.36. The minimum absolute atomic E-state index is 0.259. The van der Waals surface area contributed by atoms with E-state index in [1.807, 2.05) is 0 Å². The van der Waals surface area contributed by atoms with Crippen LogP contribution in [0, 0.1) is 5.41 Å². The number of alkyl halides is 1. The Labute approximate surface area is 125 Å². The van der Waals surface area contributed by atoms with Crippen molar-refractivity contribution in [1.29, 1.82) is 0 Å². The predicted octanol–water partition coefficient (Wildman–Crippen LogP) is 5.59. The van der Waals surface area contributed by atoms with E-state index in [0.29, 0.717) is 27.4 Å². The second kappa shape index (κ2) is 5.56. The standard InChI is InChI=1S/C12H12BrCl3O/c13-6-12(2-1-3-12)7-17-11-5-9(15)8(14)4-10(11)16/h4-5H,1-3,6-7H2. The Kier molecular flexibility index (Phi) is 4.51. The van der Waals surface area contributed by atoms with Crippen LogP contribution in [0.3, 0.4) is 0 Å². The zero-order valence-electron chi connectivity index (χ0n) is 9.11. The summed E-state index contributed by atoms with van der Waals surface area (Å²) in [6, 6.07) is 3.29. The van der Waals surface area contributed by atoms with Gasteiger partial charge in [-0.1, -0.05) is 57.2 Å². The Morgan fingerprint density at radius 1 is 1.12 bits per heavy atom. The maximum absolute atomic E-state index is 6.05. The molecule has 0 N–H and O–H groups in total. The highest BCUT2D eigenvalue weighted by molar-refractivity contribution is 9.09. The number of rotatable bonds is 4. The molecule has 0 aromatic heterocycles. The van der Waals surface area contributed by atoms with Crippen molar-refractivity contribution < 1.29 is 4.74 Å². The molecule has 0 aliphatic heterocycles. The molecule has 1 nitrogen and oxygen atoms in total. The third-order valence-electron chi connectivity index (χ3n) is 3.21. The number of hydrogen-bond acceptors (Lipinski definition) is 1. The smallest absolute Gasteiger partial charge is 0.139 e. The van der Waals surface area contributed by atoms with Crippen LogP contribution in [0.15, 0.2) is 12.1 Å². The molecule has 0 bridgehead atoms. The van der Waals surface area contributed by atoms with E-state index in [1.54, 1.807) is 12.1 Å². The molecule has 0 saturated heterocycles. The van der Waals surface area contributed by atoms with Gasteiger partial charge in [-0.3, -0.25) is 0 Å². The van der Waals surface area contributed by atoms with Crippen LogP contribution in [0.2, 0.25) is 15.1 Å². The van der Waals surface area contributed by atoms with Crippen molar-refractivity contribution in [2.45, 2.75) is 19.3 Å². The Balaban J connectivity index is 2.06. The van der Waals surface area contributed by atoms with Gasteiger partial charge in [0.2, 0.25) is 0 Å². The Morgan fingerprint density at radius 2 is 1.76 bits per heavy atom. The highest BCUT2D eigenvalue weighted by atomic mass is 79.9. The molecule has 0 amide bonds. The summed E-state index contributed by atoms with van der Waals surface area (Å²) in [6.45, 7) is 0.663. The number of ether oxygens (including phenoxy) is 1. The molecule has 0 radical (unpaired) electrons. The average molecular weight is 358 g/mol. The van der Waals surface area contributed by atoms with Crippen LogP contribution in [-0.4, -0.2) is 11.9 Å². The fourth-order valence-corrected chi connectivity index (χ4v) is 3.15. The van der Waals surface area contributed by atoms with Crippen LogP contribution in [0.25, 0.3) is 0 Å². The van der Waals surface area contributed by atoms with Crippen molar-refractivity contribution in [3.63, 3.8) is 0 Å². The molecule has 1 saturated carbocycles. The second-order valence-corrected chi connectivity index (χ2v) is 6.25. The van der Waals surface area contributed by atoms with Gasteiger partial charge in [-0.2, -0.15) is 0 Å². The minimum Gasteiger partial charge on any atom is -0.491 e. The largest absolute Gasteiger partial charge is 0.491 e. The number of hydrogen-bond donors (Lipinski definition) is 0. The molecule has 5 heteroatoms. The van der Waals surface area contributed by atoms with Gasteiger partial charge in [-0.25, -0.2) is 0 Å². The zero-order valence-corrected chi connectivity index (χ0v) is 13.0. The predicted molar refractivity (Wildman–Crippen MR) is 77.0 cm³/mol. The average Bonchev–Trinajstić information content (AvgIpc) is 2.24. The van der Waals surface area contributed by atoms with Crippen molar-refractivity contribution >= 4 is 50.7 Å². The monoisotopic (exact) mass is 356 g/mol. The lowest BCUT2D eigenvalue weighted by Gasteiger charge is -2.40. The molecule has 1 aromatic carbocycles. The first kappa shape index (κ1) is 13.8. The van der Waals surface area contributed by atoms with Gasteiger partial charge in [0.05, 0.1) is 21.7 Å². The molecular weight excluding hydrogens is 346 g/mol. The minimum atomic E-state index is 0.259. The summed E-state index contributed by atoms with van der Waals surface area (Å²) < 4.78 is 5.77. The van der Waals surface area contributed by atoms with E-state index in [-0.39, 0.29) is 5.41 Å². The molecule has 1 aliphatic rings. The summed E-state index contributed by atoms with van der Waals surface area (Å²) in [4.78, 5) is 0. The van der Waals surface area contributed by atoms with Gasteiger partial charge >= 0.3 is 0 Å². The van der Waals surface area contributed by atoms with Gasteiger partial charge in [0.15, 0.2) is 0 Å². The molecule has 0 unspecified atom stereocenters. The normalized spacial score (nSPS) is 17.6. The van der Waals surface area contributed by atoms with E-state index < -0.39 is 0 Å². The van der Waals surface area contributed by atoms with Crippen molar-refractivity contribution in [2.75, 3.05) is 11.9 Å². The SMILES string of the molecule is Clc1cc(Cl)c(OCC2(CBr)CCC2)cc1Cl. The van der Waals surface area contributed by atoms with Crippen LogP contribution in [0.4, 0.5) is 0 Å². The van der Waals surface area contributed by atoms with Crippen molar-refractivity contribution in [3.05, 3.63) is 27.2 Å². The van der Waals surface area contributed by atoms with Crippen LogP contribution in [0.1, 0.15) is 19.3 Å². The zero-order chi connectivity index (χ0) is 12.5. The fourth-order valence-electron chi connectivity index (χ4n) is 1.84. The third kappa shape index (κ3) is 3.04.